The van der Waals surface area contributed by atoms with Gasteiger partial charge in [-0.3, -0.25) is 9.59 Å². The summed E-state index contributed by atoms with van der Waals surface area (Å²) in [6.07, 6.45) is 1.40. The van der Waals surface area contributed by atoms with Gasteiger partial charge in [-0.25, -0.2) is 0 Å². The number of Topliss-reactive ketones (excluding diaryl/α,β-unsaturated/α-hetero) is 1. The summed E-state index contributed by atoms with van der Waals surface area (Å²) in [5.74, 6) is -0.411. The van der Waals surface area contributed by atoms with Gasteiger partial charge in [0.2, 0.25) is 0 Å². The highest BCUT2D eigenvalue weighted by atomic mass is 79.9. The van der Waals surface area contributed by atoms with E-state index >= 15 is 0 Å². The number of halogens is 1. The number of hydrogen-bond donors (Lipinski definition) is 1. The minimum Gasteiger partial charge on any atom is -0.457 e. The number of furan rings is 1. The van der Waals surface area contributed by atoms with Crippen molar-refractivity contribution in [1.82, 2.24) is 5.32 Å². The molecule has 1 aromatic rings. The smallest absolute Gasteiger partial charge is 0.256 e. The van der Waals surface area contributed by atoms with E-state index in [2.05, 4.69) is 21.2 Å². The SMILES string of the molecule is CC(=O)C(C)NC(=O)c1ccoc1Br. The molecule has 1 unspecified atom stereocenters. The average Bonchev–Trinajstić information content (AvgIpc) is 2.51. The Morgan fingerprint density at radius 2 is 2.21 bits per heavy atom. The van der Waals surface area contributed by atoms with Crippen LogP contribution in [-0.2, 0) is 4.79 Å². The fourth-order valence-corrected chi connectivity index (χ4v) is 1.25. The third-order valence-electron chi connectivity index (χ3n) is 1.82. The van der Waals surface area contributed by atoms with Crippen molar-refractivity contribution in [1.29, 1.82) is 0 Å². The molecule has 1 N–H and O–H groups in total. The second-order valence-corrected chi connectivity index (χ2v) is 3.63. The molecule has 76 valence electrons. The van der Waals surface area contributed by atoms with Gasteiger partial charge < -0.3 is 9.73 Å². The number of nitrogens with one attached hydrogen (secondary N) is 1. The lowest BCUT2D eigenvalue weighted by molar-refractivity contribution is -0.118. The lowest BCUT2D eigenvalue weighted by Crippen LogP contribution is -2.37. The molecule has 1 amide bonds. The summed E-state index contributed by atoms with van der Waals surface area (Å²) in [7, 11) is 0. The summed E-state index contributed by atoms with van der Waals surface area (Å²) in [4.78, 5) is 22.4. The third kappa shape index (κ3) is 2.45. The zero-order valence-corrected chi connectivity index (χ0v) is 9.42. The molecule has 0 saturated heterocycles. The van der Waals surface area contributed by atoms with Gasteiger partial charge in [0.15, 0.2) is 10.5 Å². The fourth-order valence-electron chi connectivity index (χ4n) is 0.832. The molecule has 0 aliphatic heterocycles. The molecular formula is C9H10BrNO3. The molecule has 14 heavy (non-hydrogen) atoms. The summed E-state index contributed by atoms with van der Waals surface area (Å²) in [5.41, 5.74) is 0.387. The Morgan fingerprint density at radius 1 is 1.57 bits per heavy atom. The lowest BCUT2D eigenvalue weighted by atomic mass is 10.2. The second-order valence-electron chi connectivity index (χ2n) is 2.91. The number of carbonyl (C=O) groups excluding carboxylic acids is 2. The van der Waals surface area contributed by atoms with Gasteiger partial charge in [-0.15, -0.1) is 0 Å². The first kappa shape index (κ1) is 11.0. The van der Waals surface area contributed by atoms with Crippen LogP contribution in [0.25, 0.3) is 0 Å². The van der Waals surface area contributed by atoms with Gasteiger partial charge in [-0.2, -0.15) is 0 Å². The van der Waals surface area contributed by atoms with E-state index in [-0.39, 0.29) is 11.7 Å². The van der Waals surface area contributed by atoms with Crippen LogP contribution in [0.3, 0.4) is 0 Å². The minimum absolute atomic E-state index is 0.0852. The maximum absolute atomic E-state index is 11.5. The van der Waals surface area contributed by atoms with Crippen molar-refractivity contribution in [2.45, 2.75) is 19.9 Å². The summed E-state index contributed by atoms with van der Waals surface area (Å²) in [5, 5.41) is 2.54. The van der Waals surface area contributed by atoms with Crippen molar-refractivity contribution >= 4 is 27.6 Å². The molecule has 5 heteroatoms. The maximum Gasteiger partial charge on any atom is 0.256 e. The van der Waals surface area contributed by atoms with Gasteiger partial charge in [-0.05, 0) is 35.8 Å². The van der Waals surface area contributed by atoms with Crippen molar-refractivity contribution in [2.75, 3.05) is 0 Å². The second kappa shape index (κ2) is 4.41. The maximum atomic E-state index is 11.5. The lowest BCUT2D eigenvalue weighted by Gasteiger charge is -2.08. The largest absolute Gasteiger partial charge is 0.457 e. The van der Waals surface area contributed by atoms with Crippen molar-refractivity contribution in [3.63, 3.8) is 0 Å². The van der Waals surface area contributed by atoms with E-state index in [4.69, 9.17) is 4.42 Å². The third-order valence-corrected chi connectivity index (χ3v) is 2.43. The fraction of sp³-hybridized carbons (Fsp3) is 0.333. The predicted molar refractivity (Wildman–Crippen MR) is 54.0 cm³/mol. The highest BCUT2D eigenvalue weighted by Gasteiger charge is 2.16. The summed E-state index contributed by atoms with van der Waals surface area (Å²) >= 11 is 3.08. The summed E-state index contributed by atoms with van der Waals surface area (Å²) < 4.78 is 5.27. The van der Waals surface area contributed by atoms with Crippen molar-refractivity contribution < 1.29 is 14.0 Å². The summed E-state index contributed by atoms with van der Waals surface area (Å²) in [6, 6.07) is 1.05. The Morgan fingerprint density at radius 3 is 2.64 bits per heavy atom. The molecule has 1 rings (SSSR count). The van der Waals surface area contributed by atoms with E-state index in [1.165, 1.54) is 19.3 Å². The van der Waals surface area contributed by atoms with Gasteiger partial charge in [-0.1, -0.05) is 0 Å². The van der Waals surface area contributed by atoms with E-state index in [9.17, 15) is 9.59 Å². The molecule has 1 aromatic heterocycles. The Kier molecular flexibility index (Phi) is 3.46. The van der Waals surface area contributed by atoms with Crippen LogP contribution in [0.15, 0.2) is 21.4 Å². The zero-order chi connectivity index (χ0) is 10.7. The molecule has 4 nitrogen and oxygen atoms in total. The van der Waals surface area contributed by atoms with Crippen LogP contribution in [0.4, 0.5) is 0 Å². The van der Waals surface area contributed by atoms with Crippen LogP contribution in [0.2, 0.25) is 0 Å². The first-order valence-electron chi connectivity index (χ1n) is 4.06. The van der Waals surface area contributed by atoms with Crippen molar-refractivity contribution in [2.24, 2.45) is 0 Å². The van der Waals surface area contributed by atoms with E-state index < -0.39 is 6.04 Å². The van der Waals surface area contributed by atoms with E-state index in [1.807, 2.05) is 0 Å². The molecule has 0 bridgehead atoms. The molecule has 0 saturated carbocycles. The van der Waals surface area contributed by atoms with E-state index in [0.29, 0.717) is 10.2 Å². The first-order valence-corrected chi connectivity index (χ1v) is 4.86. The van der Waals surface area contributed by atoms with Crippen molar-refractivity contribution in [3.05, 3.63) is 22.6 Å². The molecule has 1 atom stereocenters. The minimum atomic E-state index is -0.482. The van der Waals surface area contributed by atoms with Crippen LogP contribution in [0, 0.1) is 0 Å². The molecule has 0 aliphatic rings. The topological polar surface area (TPSA) is 59.3 Å². The molecule has 0 aliphatic carbocycles. The van der Waals surface area contributed by atoms with Gasteiger partial charge in [0, 0.05) is 0 Å². The standard InChI is InChI=1S/C9H10BrNO3/c1-5(6(2)12)11-9(13)7-3-4-14-8(7)10/h3-5H,1-2H3,(H,11,13). The zero-order valence-electron chi connectivity index (χ0n) is 7.83. The number of amides is 1. The molecule has 0 fully saturated rings. The number of carbonyl (C=O) groups is 2. The predicted octanol–water partition coefficient (Wildman–Crippen LogP) is 1.75. The normalized spacial score (nSPS) is 12.2. The molecule has 0 aromatic carbocycles. The number of ketones is 1. The number of hydrogen-bond acceptors (Lipinski definition) is 3. The highest BCUT2D eigenvalue weighted by Crippen LogP contribution is 2.17. The van der Waals surface area contributed by atoms with Crippen LogP contribution in [0.1, 0.15) is 24.2 Å². The van der Waals surface area contributed by atoms with Gasteiger partial charge >= 0.3 is 0 Å². The van der Waals surface area contributed by atoms with Crippen LogP contribution in [-0.4, -0.2) is 17.7 Å². The average molecular weight is 260 g/mol. The van der Waals surface area contributed by atoms with E-state index in [0.717, 1.165) is 0 Å². The highest BCUT2D eigenvalue weighted by molar-refractivity contribution is 9.10. The number of rotatable bonds is 3. The van der Waals surface area contributed by atoms with Gasteiger partial charge in [0.05, 0.1) is 17.9 Å². The molecule has 0 spiro atoms. The van der Waals surface area contributed by atoms with Crippen LogP contribution < -0.4 is 5.32 Å². The van der Waals surface area contributed by atoms with E-state index in [1.54, 1.807) is 6.92 Å². The molecule has 1 heterocycles. The Bertz CT molecular complexity index is 359. The molecule has 0 radical (unpaired) electrons. The van der Waals surface area contributed by atoms with Crippen molar-refractivity contribution in [3.8, 4) is 0 Å². The first-order chi connectivity index (χ1) is 6.52. The quantitative estimate of drug-likeness (QED) is 0.900. The monoisotopic (exact) mass is 259 g/mol. The van der Waals surface area contributed by atoms with Crippen LogP contribution >= 0.6 is 15.9 Å². The Hall–Kier alpha value is -1.10. The summed E-state index contributed by atoms with van der Waals surface area (Å²) in [6.45, 7) is 3.06. The molecular weight excluding hydrogens is 250 g/mol. The Labute approximate surface area is 89.8 Å². The Balaban J connectivity index is 2.69. The van der Waals surface area contributed by atoms with Crippen LogP contribution in [0.5, 0.6) is 0 Å². The van der Waals surface area contributed by atoms with Gasteiger partial charge in [0.1, 0.15) is 0 Å². The van der Waals surface area contributed by atoms with Gasteiger partial charge in [0.25, 0.3) is 5.91 Å².